The zero-order chi connectivity index (χ0) is 18.7. The summed E-state index contributed by atoms with van der Waals surface area (Å²) in [5.74, 6) is 0.181. The molecule has 1 unspecified atom stereocenters. The summed E-state index contributed by atoms with van der Waals surface area (Å²) in [6, 6.07) is 5.75. The molecule has 0 fully saturated rings. The normalized spacial score (nSPS) is 14.5. The van der Waals surface area contributed by atoms with Crippen LogP contribution in [0.25, 0.3) is 0 Å². The lowest BCUT2D eigenvalue weighted by Crippen LogP contribution is -2.17. The molecule has 2 heterocycles. The Bertz CT molecular complexity index is 776. The quantitative estimate of drug-likeness (QED) is 0.695. The molecule has 1 aromatic carbocycles. The molecule has 0 radical (unpaired) electrons. The van der Waals surface area contributed by atoms with Gasteiger partial charge in [0.05, 0.1) is 0 Å². The van der Waals surface area contributed by atoms with E-state index >= 15 is 0 Å². The van der Waals surface area contributed by atoms with E-state index in [0.717, 1.165) is 42.5 Å². The minimum absolute atomic E-state index is 0.135. The Labute approximate surface area is 150 Å². The minimum Gasteiger partial charge on any atom is -0.384 e. The monoisotopic (exact) mass is 365 g/mol. The van der Waals surface area contributed by atoms with Gasteiger partial charge >= 0.3 is 6.18 Å². The van der Waals surface area contributed by atoms with Crippen molar-refractivity contribution < 1.29 is 13.2 Å². The van der Waals surface area contributed by atoms with E-state index in [1.165, 1.54) is 0 Å². The Morgan fingerprint density at radius 1 is 1.31 bits per heavy atom. The van der Waals surface area contributed by atoms with E-state index in [2.05, 4.69) is 25.9 Å². The Hall–Kier alpha value is -2.51. The first-order valence-corrected chi connectivity index (χ1v) is 8.68. The third-order valence-electron chi connectivity index (χ3n) is 4.48. The highest BCUT2D eigenvalue weighted by Gasteiger charge is 2.35. The topological polar surface area (TPSA) is 61.9 Å². The number of hydrogen-bond donors (Lipinski definition) is 3. The maximum absolute atomic E-state index is 13.2. The second kappa shape index (κ2) is 7.39. The molecule has 1 aromatic heterocycles. The first-order chi connectivity index (χ1) is 12.4. The number of nitrogens with one attached hydrogen (secondary N) is 3. The van der Waals surface area contributed by atoms with Gasteiger partial charge in [0.2, 0.25) is 5.95 Å². The molecule has 0 aliphatic carbocycles. The minimum atomic E-state index is -4.50. The maximum Gasteiger partial charge on any atom is 0.421 e. The fraction of sp³-hybridized carbons (Fsp3) is 0.444. The molecule has 0 amide bonds. The second-order valence-electron chi connectivity index (χ2n) is 6.52. The Kier molecular flexibility index (Phi) is 5.20. The van der Waals surface area contributed by atoms with Crippen molar-refractivity contribution in [3.63, 3.8) is 0 Å². The molecule has 1 aliphatic heterocycles. The number of rotatable bonds is 6. The zero-order valence-electron chi connectivity index (χ0n) is 14.7. The standard InChI is InChI=1S/C18H22F3N5/c1-3-11(2)9-23-16-14(18(19,20)21)10-24-17(26-16)25-13-4-5-15-12(8-13)6-7-22-15/h4-5,8,10-11,22H,3,6-7,9H2,1-2H3,(H2,23,24,25,26). The fourth-order valence-electron chi connectivity index (χ4n) is 2.71. The van der Waals surface area contributed by atoms with Gasteiger partial charge in [-0.2, -0.15) is 18.2 Å². The molecule has 0 spiro atoms. The first-order valence-electron chi connectivity index (χ1n) is 8.68. The number of benzene rings is 1. The van der Waals surface area contributed by atoms with Gasteiger partial charge < -0.3 is 16.0 Å². The SMILES string of the molecule is CCC(C)CNc1nc(Nc2ccc3c(c2)CCN3)ncc1C(F)(F)F. The van der Waals surface area contributed by atoms with Gasteiger partial charge in [0.15, 0.2) is 0 Å². The third-order valence-corrected chi connectivity index (χ3v) is 4.48. The van der Waals surface area contributed by atoms with E-state index in [-0.39, 0.29) is 17.7 Å². The summed E-state index contributed by atoms with van der Waals surface area (Å²) in [4.78, 5) is 7.91. The van der Waals surface area contributed by atoms with Crippen LogP contribution in [0, 0.1) is 5.92 Å². The number of fused-ring (bicyclic) bond motifs is 1. The van der Waals surface area contributed by atoms with E-state index in [1.54, 1.807) is 0 Å². The van der Waals surface area contributed by atoms with Crippen molar-refractivity contribution in [1.29, 1.82) is 0 Å². The van der Waals surface area contributed by atoms with Gasteiger partial charge in [0.25, 0.3) is 0 Å². The highest BCUT2D eigenvalue weighted by Crippen LogP contribution is 2.34. The predicted molar refractivity (Wildman–Crippen MR) is 96.9 cm³/mol. The molecule has 2 aromatic rings. The zero-order valence-corrected chi connectivity index (χ0v) is 14.7. The van der Waals surface area contributed by atoms with Crippen molar-refractivity contribution in [3.05, 3.63) is 35.5 Å². The summed E-state index contributed by atoms with van der Waals surface area (Å²) in [6.07, 6.45) is -1.90. The number of aromatic nitrogens is 2. The lowest BCUT2D eigenvalue weighted by atomic mass is 10.1. The largest absolute Gasteiger partial charge is 0.421 e. The molecule has 140 valence electrons. The second-order valence-corrected chi connectivity index (χ2v) is 6.52. The van der Waals surface area contributed by atoms with E-state index in [9.17, 15) is 13.2 Å². The average molecular weight is 365 g/mol. The van der Waals surface area contributed by atoms with Crippen molar-refractivity contribution in [2.45, 2.75) is 32.9 Å². The van der Waals surface area contributed by atoms with Crippen molar-refractivity contribution >= 4 is 23.1 Å². The van der Waals surface area contributed by atoms with E-state index in [4.69, 9.17) is 0 Å². The van der Waals surface area contributed by atoms with Crippen LogP contribution in [-0.4, -0.2) is 23.1 Å². The predicted octanol–water partition coefficient (Wildman–Crippen LogP) is 4.67. The van der Waals surface area contributed by atoms with Crippen LogP contribution in [0.1, 0.15) is 31.4 Å². The highest BCUT2D eigenvalue weighted by molar-refractivity contribution is 5.65. The van der Waals surface area contributed by atoms with Gasteiger partial charge in [0, 0.05) is 30.7 Å². The molecule has 1 aliphatic rings. The molecular weight excluding hydrogens is 343 g/mol. The fourth-order valence-corrected chi connectivity index (χ4v) is 2.71. The molecule has 1 atom stereocenters. The van der Waals surface area contributed by atoms with Crippen LogP contribution in [0.5, 0.6) is 0 Å². The van der Waals surface area contributed by atoms with Crippen LogP contribution >= 0.6 is 0 Å². The lowest BCUT2D eigenvalue weighted by molar-refractivity contribution is -0.137. The molecule has 0 bridgehead atoms. The summed E-state index contributed by atoms with van der Waals surface area (Å²) in [5.41, 5.74) is 2.14. The summed E-state index contributed by atoms with van der Waals surface area (Å²) >= 11 is 0. The van der Waals surface area contributed by atoms with E-state index < -0.39 is 11.7 Å². The van der Waals surface area contributed by atoms with Crippen molar-refractivity contribution in [3.8, 4) is 0 Å². The number of nitrogens with zero attached hydrogens (tertiary/aromatic N) is 2. The van der Waals surface area contributed by atoms with Gasteiger partial charge in [-0.3, -0.25) is 0 Å². The summed E-state index contributed by atoms with van der Waals surface area (Å²) in [7, 11) is 0. The third kappa shape index (κ3) is 4.17. The number of alkyl halides is 3. The van der Waals surface area contributed by atoms with Gasteiger partial charge in [-0.05, 0) is 36.1 Å². The van der Waals surface area contributed by atoms with E-state index in [1.807, 2.05) is 32.0 Å². The Balaban J connectivity index is 1.83. The summed E-state index contributed by atoms with van der Waals surface area (Å²) in [6.45, 7) is 5.27. The van der Waals surface area contributed by atoms with Crippen molar-refractivity contribution in [1.82, 2.24) is 9.97 Å². The van der Waals surface area contributed by atoms with Crippen LogP contribution in [0.4, 0.5) is 36.3 Å². The van der Waals surface area contributed by atoms with Crippen LogP contribution in [0.3, 0.4) is 0 Å². The number of anilines is 4. The van der Waals surface area contributed by atoms with Crippen molar-refractivity contribution in [2.24, 2.45) is 5.92 Å². The molecule has 0 saturated heterocycles. The van der Waals surface area contributed by atoms with E-state index in [0.29, 0.717) is 6.54 Å². The molecule has 8 heteroatoms. The first kappa shape index (κ1) is 18.3. The Morgan fingerprint density at radius 2 is 2.12 bits per heavy atom. The number of halogens is 3. The van der Waals surface area contributed by atoms with Gasteiger partial charge in [-0.1, -0.05) is 20.3 Å². The summed E-state index contributed by atoms with van der Waals surface area (Å²) in [5, 5.41) is 9.08. The number of hydrogen-bond acceptors (Lipinski definition) is 5. The smallest absolute Gasteiger partial charge is 0.384 e. The van der Waals surface area contributed by atoms with Gasteiger partial charge in [0.1, 0.15) is 11.4 Å². The highest BCUT2D eigenvalue weighted by atomic mass is 19.4. The molecule has 3 rings (SSSR count). The molecule has 0 saturated carbocycles. The van der Waals surface area contributed by atoms with Crippen molar-refractivity contribution in [2.75, 3.05) is 29.0 Å². The molecule has 3 N–H and O–H groups in total. The van der Waals surface area contributed by atoms with Crippen LogP contribution < -0.4 is 16.0 Å². The maximum atomic E-state index is 13.2. The van der Waals surface area contributed by atoms with Crippen LogP contribution in [-0.2, 0) is 12.6 Å². The van der Waals surface area contributed by atoms with Gasteiger partial charge in [-0.25, -0.2) is 4.98 Å². The molecule has 5 nitrogen and oxygen atoms in total. The molecule has 26 heavy (non-hydrogen) atoms. The van der Waals surface area contributed by atoms with Crippen LogP contribution in [0.2, 0.25) is 0 Å². The lowest BCUT2D eigenvalue weighted by Gasteiger charge is -2.16. The molecular formula is C18H22F3N5. The summed E-state index contributed by atoms with van der Waals surface area (Å²) < 4.78 is 39.6. The Morgan fingerprint density at radius 3 is 2.85 bits per heavy atom. The van der Waals surface area contributed by atoms with Gasteiger partial charge in [-0.15, -0.1) is 0 Å². The average Bonchev–Trinajstić information content (AvgIpc) is 3.06. The van der Waals surface area contributed by atoms with Crippen LogP contribution in [0.15, 0.2) is 24.4 Å².